The maximum absolute atomic E-state index is 10.8. The summed E-state index contributed by atoms with van der Waals surface area (Å²) in [5, 5.41) is 20.7. The minimum absolute atomic E-state index is 0.0359. The molecule has 1 N–H and O–H groups in total. The molecule has 4 nitrogen and oxygen atoms in total. The van der Waals surface area contributed by atoms with Crippen molar-refractivity contribution in [3.05, 3.63) is 52.6 Å². The van der Waals surface area contributed by atoms with Crippen molar-refractivity contribution in [2.45, 2.75) is 19.4 Å². The van der Waals surface area contributed by atoms with Gasteiger partial charge in [-0.1, -0.05) is 25.1 Å². The topological polar surface area (TPSA) is 63.4 Å². The van der Waals surface area contributed by atoms with Gasteiger partial charge in [-0.3, -0.25) is 10.1 Å². The first kappa shape index (κ1) is 12.4. The molecule has 0 fully saturated rings. The van der Waals surface area contributed by atoms with Gasteiger partial charge >= 0.3 is 0 Å². The third kappa shape index (κ3) is 2.90. The molecule has 0 radical (unpaired) electrons. The summed E-state index contributed by atoms with van der Waals surface area (Å²) in [5.74, 6) is 0.120. The zero-order valence-corrected chi connectivity index (χ0v) is 9.17. The Morgan fingerprint density at radius 3 is 2.75 bits per heavy atom. The van der Waals surface area contributed by atoms with E-state index in [9.17, 15) is 15.2 Å². The Balaban J connectivity index is 2.94. The van der Waals surface area contributed by atoms with Gasteiger partial charge < -0.3 is 5.11 Å². The van der Waals surface area contributed by atoms with Gasteiger partial charge in [0.2, 0.25) is 0 Å². The van der Waals surface area contributed by atoms with Gasteiger partial charge in [-0.05, 0) is 18.4 Å². The number of nitrogens with zero attached hydrogens (tertiary/aromatic N) is 1. The Morgan fingerprint density at radius 1 is 1.56 bits per heavy atom. The van der Waals surface area contributed by atoms with Gasteiger partial charge in [0, 0.05) is 6.07 Å². The normalized spacial score (nSPS) is 14.1. The molecular weight excluding hydrogens is 206 g/mol. The van der Waals surface area contributed by atoms with E-state index in [1.165, 1.54) is 6.07 Å². The minimum atomic E-state index is -0.824. The van der Waals surface area contributed by atoms with Crippen molar-refractivity contribution in [3.63, 3.8) is 0 Å². The molecule has 0 heterocycles. The fraction of sp³-hybridized carbons (Fsp3) is 0.333. The van der Waals surface area contributed by atoms with Crippen LogP contribution in [0.4, 0.5) is 5.69 Å². The molecule has 1 rings (SSSR count). The molecule has 1 aromatic rings. The maximum atomic E-state index is 10.8. The van der Waals surface area contributed by atoms with Crippen LogP contribution in [-0.4, -0.2) is 10.0 Å². The predicted octanol–water partition coefficient (Wildman–Crippen LogP) is 2.84. The molecule has 0 aliphatic carbocycles. The van der Waals surface area contributed by atoms with Gasteiger partial charge in [0.25, 0.3) is 5.69 Å². The summed E-state index contributed by atoms with van der Waals surface area (Å²) in [6.45, 7) is 5.53. The van der Waals surface area contributed by atoms with Crippen molar-refractivity contribution in [1.82, 2.24) is 0 Å². The molecule has 0 unspecified atom stereocenters. The van der Waals surface area contributed by atoms with Gasteiger partial charge in [0.15, 0.2) is 0 Å². The van der Waals surface area contributed by atoms with E-state index in [1.54, 1.807) is 24.3 Å². The zero-order valence-electron chi connectivity index (χ0n) is 9.17. The summed E-state index contributed by atoms with van der Waals surface area (Å²) in [4.78, 5) is 10.3. The Kier molecular flexibility index (Phi) is 4.19. The number of nitro groups is 1. The molecule has 0 spiro atoms. The Labute approximate surface area is 94.4 Å². The van der Waals surface area contributed by atoms with E-state index in [1.807, 2.05) is 6.92 Å². The van der Waals surface area contributed by atoms with Crippen LogP contribution in [0.15, 0.2) is 36.9 Å². The second-order valence-corrected chi connectivity index (χ2v) is 3.78. The van der Waals surface area contributed by atoms with E-state index in [-0.39, 0.29) is 11.6 Å². The molecule has 4 heteroatoms. The second kappa shape index (κ2) is 5.42. The fourth-order valence-corrected chi connectivity index (χ4v) is 1.51. The number of nitro benzene ring substituents is 1. The molecular formula is C12H15NO3. The highest BCUT2D eigenvalue weighted by Gasteiger charge is 2.20. The zero-order chi connectivity index (χ0) is 12.1. The lowest BCUT2D eigenvalue weighted by molar-refractivity contribution is -0.386. The summed E-state index contributed by atoms with van der Waals surface area (Å²) in [6.07, 6.45) is 1.33. The maximum Gasteiger partial charge on any atom is 0.275 e. The monoisotopic (exact) mass is 221 g/mol. The molecule has 0 amide bonds. The molecule has 0 aromatic heterocycles. The van der Waals surface area contributed by atoms with Crippen LogP contribution in [0.2, 0.25) is 0 Å². The van der Waals surface area contributed by atoms with E-state index >= 15 is 0 Å². The van der Waals surface area contributed by atoms with Crippen LogP contribution in [0.1, 0.15) is 25.0 Å². The summed E-state index contributed by atoms with van der Waals surface area (Å²) in [5.41, 5.74) is 0.326. The van der Waals surface area contributed by atoms with Crippen LogP contribution in [0.25, 0.3) is 0 Å². The molecule has 2 atom stereocenters. The van der Waals surface area contributed by atoms with E-state index in [4.69, 9.17) is 0 Å². The van der Waals surface area contributed by atoms with Crippen molar-refractivity contribution >= 4 is 5.69 Å². The minimum Gasteiger partial charge on any atom is -0.388 e. The van der Waals surface area contributed by atoms with Crippen LogP contribution in [0.5, 0.6) is 0 Å². The van der Waals surface area contributed by atoms with Crippen LogP contribution >= 0.6 is 0 Å². The van der Waals surface area contributed by atoms with Crippen LogP contribution in [0.3, 0.4) is 0 Å². The van der Waals surface area contributed by atoms with Crippen molar-refractivity contribution in [2.75, 3.05) is 0 Å². The SMILES string of the molecule is C=C[C@@H](C)C[C@H](O)c1ccccc1[N+](=O)[O-]. The Hall–Kier alpha value is -1.68. The predicted molar refractivity (Wildman–Crippen MR) is 62.0 cm³/mol. The van der Waals surface area contributed by atoms with E-state index in [0.717, 1.165) is 0 Å². The summed E-state index contributed by atoms with van der Waals surface area (Å²) in [6, 6.07) is 6.26. The molecule has 0 bridgehead atoms. The van der Waals surface area contributed by atoms with Crippen LogP contribution in [-0.2, 0) is 0 Å². The van der Waals surface area contributed by atoms with E-state index < -0.39 is 11.0 Å². The van der Waals surface area contributed by atoms with E-state index in [2.05, 4.69) is 6.58 Å². The molecule has 0 saturated heterocycles. The number of allylic oxidation sites excluding steroid dienone is 1. The number of rotatable bonds is 5. The summed E-state index contributed by atoms with van der Waals surface area (Å²) < 4.78 is 0. The summed E-state index contributed by atoms with van der Waals surface area (Å²) >= 11 is 0. The Morgan fingerprint density at radius 2 is 2.19 bits per heavy atom. The molecule has 16 heavy (non-hydrogen) atoms. The first-order valence-corrected chi connectivity index (χ1v) is 5.10. The fourth-order valence-electron chi connectivity index (χ4n) is 1.51. The quantitative estimate of drug-likeness (QED) is 0.472. The first-order chi connectivity index (χ1) is 7.56. The average Bonchev–Trinajstić information content (AvgIpc) is 2.28. The molecule has 0 aliphatic heterocycles. The van der Waals surface area contributed by atoms with Crippen molar-refractivity contribution in [1.29, 1.82) is 0 Å². The number of aliphatic hydroxyl groups is 1. The Bertz CT molecular complexity index is 390. The molecule has 0 aliphatic rings. The van der Waals surface area contributed by atoms with Gasteiger partial charge in [-0.25, -0.2) is 0 Å². The van der Waals surface area contributed by atoms with E-state index in [0.29, 0.717) is 12.0 Å². The smallest absolute Gasteiger partial charge is 0.275 e. The van der Waals surface area contributed by atoms with Crippen molar-refractivity contribution in [3.8, 4) is 0 Å². The third-order valence-electron chi connectivity index (χ3n) is 2.49. The largest absolute Gasteiger partial charge is 0.388 e. The number of hydrogen-bond acceptors (Lipinski definition) is 3. The second-order valence-electron chi connectivity index (χ2n) is 3.78. The van der Waals surface area contributed by atoms with Crippen LogP contribution < -0.4 is 0 Å². The number of benzene rings is 1. The number of aliphatic hydroxyl groups excluding tert-OH is 1. The van der Waals surface area contributed by atoms with Gasteiger partial charge in [0.1, 0.15) is 0 Å². The summed E-state index contributed by atoms with van der Waals surface area (Å²) in [7, 11) is 0. The standard InChI is InChI=1S/C12H15NO3/c1-3-9(2)8-12(14)10-6-4-5-7-11(10)13(15)16/h3-7,9,12,14H,1,8H2,2H3/t9-,12+/m1/s1. The van der Waals surface area contributed by atoms with Crippen molar-refractivity contribution in [2.24, 2.45) is 5.92 Å². The molecule has 0 saturated carbocycles. The highest BCUT2D eigenvalue weighted by molar-refractivity contribution is 5.41. The lowest BCUT2D eigenvalue weighted by atomic mass is 9.97. The molecule has 86 valence electrons. The van der Waals surface area contributed by atoms with Gasteiger partial charge in [-0.2, -0.15) is 0 Å². The van der Waals surface area contributed by atoms with Gasteiger partial charge in [0.05, 0.1) is 16.6 Å². The van der Waals surface area contributed by atoms with Crippen LogP contribution in [0, 0.1) is 16.0 Å². The lowest BCUT2D eigenvalue weighted by Gasteiger charge is -2.13. The average molecular weight is 221 g/mol. The molecule has 1 aromatic carbocycles. The van der Waals surface area contributed by atoms with Crippen molar-refractivity contribution < 1.29 is 10.0 Å². The third-order valence-corrected chi connectivity index (χ3v) is 2.49. The number of para-hydroxylation sites is 1. The highest BCUT2D eigenvalue weighted by Crippen LogP contribution is 2.29. The lowest BCUT2D eigenvalue weighted by Crippen LogP contribution is -2.05. The highest BCUT2D eigenvalue weighted by atomic mass is 16.6. The van der Waals surface area contributed by atoms with Gasteiger partial charge in [-0.15, -0.1) is 6.58 Å². The number of hydrogen-bond donors (Lipinski definition) is 1. The first-order valence-electron chi connectivity index (χ1n) is 5.10.